The molecule has 0 aliphatic carbocycles. The van der Waals surface area contributed by atoms with Gasteiger partial charge in [0.2, 0.25) is 0 Å². The molecule has 6 heteroatoms. The maximum Gasteiger partial charge on any atom is 0.310 e. The first-order valence-corrected chi connectivity index (χ1v) is 6.66. The minimum Gasteiger partial charge on any atom is -0.469 e. The van der Waals surface area contributed by atoms with Gasteiger partial charge in [0.15, 0.2) is 0 Å². The zero-order valence-electron chi connectivity index (χ0n) is 10.2. The summed E-state index contributed by atoms with van der Waals surface area (Å²) >= 11 is 3.36. The van der Waals surface area contributed by atoms with E-state index in [1.165, 1.54) is 7.11 Å². The van der Waals surface area contributed by atoms with Gasteiger partial charge in [0.05, 0.1) is 23.9 Å². The molecule has 1 atom stereocenters. The van der Waals surface area contributed by atoms with Crippen LogP contribution in [-0.2, 0) is 22.5 Å². The Labute approximate surface area is 117 Å². The van der Waals surface area contributed by atoms with E-state index in [-0.39, 0.29) is 17.4 Å². The van der Waals surface area contributed by atoms with Crippen molar-refractivity contribution in [1.82, 2.24) is 9.55 Å². The van der Waals surface area contributed by atoms with Gasteiger partial charge in [-0.25, -0.2) is 4.98 Å². The van der Waals surface area contributed by atoms with Gasteiger partial charge in [-0.2, -0.15) is 0 Å². The summed E-state index contributed by atoms with van der Waals surface area (Å²) in [5.41, 5.74) is 0.551. The Hall–Kier alpha value is -1.69. The summed E-state index contributed by atoms with van der Waals surface area (Å²) in [6, 6.07) is 5.36. The van der Waals surface area contributed by atoms with Gasteiger partial charge in [-0.1, -0.05) is 15.9 Å². The number of fused-ring (bicyclic) bond motifs is 2. The topological polar surface area (TPSA) is 61.2 Å². The third-order valence-electron chi connectivity index (χ3n) is 3.36. The highest BCUT2D eigenvalue weighted by Gasteiger charge is 2.30. The average molecular weight is 323 g/mol. The van der Waals surface area contributed by atoms with E-state index in [1.807, 2.05) is 12.1 Å². The van der Waals surface area contributed by atoms with Crippen molar-refractivity contribution in [2.45, 2.75) is 13.0 Å². The maximum atomic E-state index is 12.3. The number of hydrogen-bond donors (Lipinski definition) is 0. The summed E-state index contributed by atoms with van der Waals surface area (Å²) in [5.74, 6) is 0.0339. The summed E-state index contributed by atoms with van der Waals surface area (Å²) in [4.78, 5) is 28.4. The van der Waals surface area contributed by atoms with Gasteiger partial charge < -0.3 is 4.74 Å². The van der Waals surface area contributed by atoms with Crippen LogP contribution in [-0.4, -0.2) is 22.6 Å². The molecule has 5 nitrogen and oxygen atoms in total. The predicted molar refractivity (Wildman–Crippen MR) is 72.9 cm³/mol. The Balaban J connectivity index is 2.15. The molecule has 0 radical (unpaired) electrons. The summed E-state index contributed by atoms with van der Waals surface area (Å²) in [6.45, 7) is 0.347. The number of methoxy groups -OCH3 is 1. The lowest BCUT2D eigenvalue weighted by molar-refractivity contribution is -0.145. The fraction of sp³-hybridized carbons (Fsp3) is 0.308. The highest BCUT2D eigenvalue weighted by molar-refractivity contribution is 9.10. The van der Waals surface area contributed by atoms with E-state index in [2.05, 4.69) is 20.9 Å². The molecule has 0 amide bonds. The molecule has 2 heterocycles. The number of carbonyl (C=O) groups excluding carboxylic acids is 1. The molecule has 98 valence electrons. The molecule has 0 spiro atoms. The Morgan fingerprint density at radius 3 is 3.05 bits per heavy atom. The molecule has 1 unspecified atom stereocenters. The van der Waals surface area contributed by atoms with Gasteiger partial charge in [0.1, 0.15) is 5.82 Å². The number of hydrogen-bond acceptors (Lipinski definition) is 4. The van der Waals surface area contributed by atoms with Gasteiger partial charge in [0.25, 0.3) is 5.56 Å². The van der Waals surface area contributed by atoms with Crippen LogP contribution in [0.3, 0.4) is 0 Å². The van der Waals surface area contributed by atoms with Crippen LogP contribution in [0.15, 0.2) is 27.5 Å². The van der Waals surface area contributed by atoms with E-state index < -0.39 is 0 Å². The zero-order chi connectivity index (χ0) is 13.6. The van der Waals surface area contributed by atoms with Crippen LogP contribution in [0.5, 0.6) is 0 Å². The van der Waals surface area contributed by atoms with E-state index >= 15 is 0 Å². The molecule has 19 heavy (non-hydrogen) atoms. The van der Waals surface area contributed by atoms with Crippen molar-refractivity contribution in [3.8, 4) is 0 Å². The number of aromatic nitrogens is 2. The molecule has 0 bridgehead atoms. The molecule has 0 N–H and O–H groups in total. The monoisotopic (exact) mass is 322 g/mol. The molecule has 1 aromatic heterocycles. The molecule has 2 aromatic rings. The second kappa shape index (κ2) is 4.45. The standard InChI is InChI=1S/C13H11BrN2O3/c1-19-13(18)7-4-11-15-10-5-8(14)2-3-9(10)12(17)16(11)6-7/h2-3,5,7H,4,6H2,1H3. The molecule has 1 aromatic carbocycles. The van der Waals surface area contributed by atoms with Crippen molar-refractivity contribution in [1.29, 1.82) is 0 Å². The van der Waals surface area contributed by atoms with E-state index in [4.69, 9.17) is 4.74 Å². The summed E-state index contributed by atoms with van der Waals surface area (Å²) in [7, 11) is 1.36. The number of halogens is 1. The second-order valence-corrected chi connectivity index (χ2v) is 5.45. The summed E-state index contributed by atoms with van der Waals surface area (Å²) in [5, 5.41) is 0.567. The molecule has 1 aliphatic rings. The zero-order valence-corrected chi connectivity index (χ0v) is 11.8. The largest absolute Gasteiger partial charge is 0.469 e. The normalized spacial score (nSPS) is 17.5. The minimum absolute atomic E-state index is 0.0982. The number of nitrogens with zero attached hydrogens (tertiary/aromatic N) is 2. The Kier molecular flexibility index (Phi) is 2.89. The minimum atomic E-state index is -0.314. The Bertz CT molecular complexity index is 738. The molecule has 0 saturated heterocycles. The van der Waals surface area contributed by atoms with Crippen LogP contribution in [0.1, 0.15) is 5.82 Å². The maximum absolute atomic E-state index is 12.3. The third kappa shape index (κ3) is 1.96. The first-order chi connectivity index (χ1) is 9.10. The van der Waals surface area contributed by atoms with Gasteiger partial charge in [0, 0.05) is 17.4 Å². The summed E-state index contributed by atoms with van der Waals surface area (Å²) < 4.78 is 7.17. The van der Waals surface area contributed by atoms with Crippen LogP contribution in [0.25, 0.3) is 10.9 Å². The van der Waals surface area contributed by atoms with Crippen molar-refractivity contribution < 1.29 is 9.53 Å². The fourth-order valence-electron chi connectivity index (χ4n) is 2.41. The van der Waals surface area contributed by atoms with Crippen LogP contribution >= 0.6 is 15.9 Å². The van der Waals surface area contributed by atoms with Crippen LogP contribution in [0.4, 0.5) is 0 Å². The van der Waals surface area contributed by atoms with E-state index in [9.17, 15) is 9.59 Å². The van der Waals surface area contributed by atoms with Crippen molar-refractivity contribution in [2.75, 3.05) is 7.11 Å². The van der Waals surface area contributed by atoms with Gasteiger partial charge in [-0.05, 0) is 18.2 Å². The molecular formula is C13H11BrN2O3. The lowest BCUT2D eigenvalue weighted by atomic mass is 10.1. The predicted octanol–water partition coefficient (Wildman–Crippen LogP) is 1.50. The van der Waals surface area contributed by atoms with Gasteiger partial charge >= 0.3 is 5.97 Å². The van der Waals surface area contributed by atoms with Gasteiger partial charge in [-0.15, -0.1) is 0 Å². The van der Waals surface area contributed by atoms with E-state index in [1.54, 1.807) is 10.6 Å². The van der Waals surface area contributed by atoms with Gasteiger partial charge in [-0.3, -0.25) is 14.2 Å². The first-order valence-electron chi connectivity index (χ1n) is 5.87. The number of rotatable bonds is 1. The SMILES string of the molecule is COC(=O)C1Cc2nc3cc(Br)ccc3c(=O)n2C1. The highest BCUT2D eigenvalue weighted by atomic mass is 79.9. The van der Waals surface area contributed by atoms with Crippen molar-refractivity contribution in [2.24, 2.45) is 5.92 Å². The van der Waals surface area contributed by atoms with Crippen LogP contribution < -0.4 is 5.56 Å². The van der Waals surface area contributed by atoms with Crippen LogP contribution in [0, 0.1) is 5.92 Å². The van der Waals surface area contributed by atoms with Crippen molar-refractivity contribution in [3.63, 3.8) is 0 Å². The number of carbonyl (C=O) groups is 1. The van der Waals surface area contributed by atoms with Crippen molar-refractivity contribution in [3.05, 3.63) is 38.9 Å². The number of ether oxygens (including phenoxy) is 1. The molecular weight excluding hydrogens is 312 g/mol. The molecule has 0 saturated carbocycles. The smallest absolute Gasteiger partial charge is 0.310 e. The lowest BCUT2D eigenvalue weighted by Gasteiger charge is -2.05. The van der Waals surface area contributed by atoms with E-state index in [0.29, 0.717) is 29.7 Å². The van der Waals surface area contributed by atoms with Crippen LogP contribution in [0.2, 0.25) is 0 Å². The fourth-order valence-corrected chi connectivity index (χ4v) is 2.76. The van der Waals surface area contributed by atoms with E-state index in [0.717, 1.165) is 4.47 Å². The Morgan fingerprint density at radius 2 is 2.32 bits per heavy atom. The molecule has 0 fully saturated rings. The lowest BCUT2D eigenvalue weighted by Crippen LogP contribution is -2.23. The number of esters is 1. The highest BCUT2D eigenvalue weighted by Crippen LogP contribution is 2.22. The molecule has 1 aliphatic heterocycles. The quantitative estimate of drug-likeness (QED) is 0.746. The first kappa shape index (κ1) is 12.3. The molecule has 3 rings (SSSR count). The number of benzene rings is 1. The third-order valence-corrected chi connectivity index (χ3v) is 3.86. The summed E-state index contributed by atoms with van der Waals surface area (Å²) in [6.07, 6.45) is 0.449. The average Bonchev–Trinajstić information content (AvgIpc) is 2.81. The van der Waals surface area contributed by atoms with Crippen molar-refractivity contribution >= 4 is 32.8 Å². The Morgan fingerprint density at radius 1 is 1.53 bits per heavy atom. The second-order valence-electron chi connectivity index (χ2n) is 4.53.